The molecule has 0 amide bonds. The third-order valence-electron chi connectivity index (χ3n) is 1.31. The number of nitrogens with one attached hydrogen (secondary N) is 1. The minimum Gasteiger partial charge on any atom is -0.360 e. The van der Waals surface area contributed by atoms with Crippen molar-refractivity contribution in [3.8, 4) is 0 Å². The van der Waals surface area contributed by atoms with Gasteiger partial charge in [0.1, 0.15) is 5.76 Å². The topological polar surface area (TPSA) is 131 Å². The number of nitrogens with zero attached hydrogens (tertiary/aromatic N) is 1. The minimum absolute atomic E-state index is 0.147. The molecule has 0 radical (unpaired) electrons. The Hall–Kier alpha value is -0.690. The molecule has 2 unspecified atom stereocenters. The summed E-state index contributed by atoms with van der Waals surface area (Å²) in [5.74, 6) is 0.628. The van der Waals surface area contributed by atoms with E-state index in [-0.39, 0.29) is 5.82 Å². The van der Waals surface area contributed by atoms with Crippen molar-refractivity contribution in [3.63, 3.8) is 0 Å². The Morgan fingerprint density at radius 3 is 2.38 bits per heavy atom. The Labute approximate surface area is 91.2 Å². The average Bonchev–Trinajstić information content (AvgIpc) is 2.48. The van der Waals surface area contributed by atoms with Crippen LogP contribution in [0.5, 0.6) is 0 Å². The van der Waals surface area contributed by atoms with Crippen molar-refractivity contribution in [2.75, 3.05) is 5.32 Å². The second kappa shape index (κ2) is 6.15. The first-order chi connectivity index (χ1) is 7.47. The van der Waals surface area contributed by atoms with E-state index in [1.54, 1.807) is 6.92 Å². The van der Waals surface area contributed by atoms with Gasteiger partial charge in [0, 0.05) is 6.07 Å². The molecule has 0 aromatic carbocycles. The van der Waals surface area contributed by atoms with Gasteiger partial charge in [0.25, 0.3) is 6.41 Å². The quantitative estimate of drug-likeness (QED) is 0.499. The molecule has 0 aliphatic heterocycles. The molecule has 11 heteroatoms. The molecule has 16 heavy (non-hydrogen) atoms. The minimum atomic E-state index is -3.32. The molecule has 9 nitrogen and oxygen atoms in total. The van der Waals surface area contributed by atoms with E-state index in [1.807, 2.05) is 0 Å². The molecule has 92 valence electrons. The lowest BCUT2D eigenvalue weighted by Gasteiger charge is -2.14. The van der Waals surface area contributed by atoms with Gasteiger partial charge in [0.05, 0.1) is 0 Å². The maximum Gasteiger partial charge on any atom is 0.320 e. The second-order valence-electron chi connectivity index (χ2n) is 2.57. The van der Waals surface area contributed by atoms with Gasteiger partial charge in [0.2, 0.25) is 0 Å². The van der Waals surface area contributed by atoms with Gasteiger partial charge in [0.15, 0.2) is 5.82 Å². The van der Waals surface area contributed by atoms with Crippen LogP contribution in [0.2, 0.25) is 0 Å². The Morgan fingerprint density at radius 2 is 2.00 bits per heavy atom. The SMILES string of the molecule is Cc1cc(NC(O[PH](=O)O)O[PH](=O)O)no1. The van der Waals surface area contributed by atoms with E-state index in [2.05, 4.69) is 24.0 Å². The van der Waals surface area contributed by atoms with Crippen LogP contribution >= 0.6 is 16.5 Å². The predicted molar refractivity (Wildman–Crippen MR) is 53.3 cm³/mol. The highest BCUT2D eigenvalue weighted by Crippen LogP contribution is 2.26. The lowest BCUT2D eigenvalue weighted by atomic mass is 10.5. The number of hydrogen-bond acceptors (Lipinski definition) is 7. The van der Waals surface area contributed by atoms with Crippen LogP contribution in [0.15, 0.2) is 10.6 Å². The molecule has 0 saturated heterocycles. The summed E-state index contributed by atoms with van der Waals surface area (Å²) in [6.45, 7) is 1.62. The molecule has 0 spiro atoms. The fourth-order valence-electron chi connectivity index (χ4n) is 0.821. The monoisotopic (exact) mass is 272 g/mol. The maximum atomic E-state index is 10.4. The molecule has 1 rings (SSSR count). The summed E-state index contributed by atoms with van der Waals surface area (Å²) in [6.07, 6.45) is -1.54. The van der Waals surface area contributed by atoms with Crippen molar-refractivity contribution >= 4 is 22.3 Å². The van der Waals surface area contributed by atoms with E-state index in [1.165, 1.54) is 6.07 Å². The van der Waals surface area contributed by atoms with E-state index < -0.39 is 22.9 Å². The van der Waals surface area contributed by atoms with Gasteiger partial charge in [-0.15, -0.1) is 0 Å². The average molecular weight is 272 g/mol. The van der Waals surface area contributed by atoms with Crippen LogP contribution in [0.25, 0.3) is 0 Å². The Kier molecular flexibility index (Phi) is 5.14. The highest BCUT2D eigenvalue weighted by Gasteiger charge is 2.16. The fraction of sp³-hybridized carbons (Fsp3) is 0.400. The zero-order valence-corrected chi connectivity index (χ0v) is 10.0. The Balaban J connectivity index is 2.62. The van der Waals surface area contributed by atoms with Crippen LogP contribution in [-0.2, 0) is 18.2 Å². The van der Waals surface area contributed by atoms with Gasteiger partial charge >= 0.3 is 16.5 Å². The van der Waals surface area contributed by atoms with Gasteiger partial charge < -0.3 is 19.6 Å². The highest BCUT2D eigenvalue weighted by atomic mass is 31.1. The van der Waals surface area contributed by atoms with Gasteiger partial charge in [-0.25, -0.2) is 0 Å². The van der Waals surface area contributed by atoms with Gasteiger partial charge in [-0.3, -0.25) is 18.2 Å². The molecular formula is C5H10N2O7P2. The second-order valence-corrected chi connectivity index (χ2v) is 4.10. The zero-order chi connectivity index (χ0) is 12.1. The smallest absolute Gasteiger partial charge is 0.320 e. The summed E-state index contributed by atoms with van der Waals surface area (Å²) in [7, 11) is -6.64. The largest absolute Gasteiger partial charge is 0.360 e. The first-order valence-electron chi connectivity index (χ1n) is 3.96. The number of rotatable bonds is 6. The summed E-state index contributed by atoms with van der Waals surface area (Å²) in [6, 6.07) is 1.45. The number of aromatic nitrogens is 1. The molecule has 0 aliphatic rings. The summed E-state index contributed by atoms with van der Waals surface area (Å²) in [5, 5.41) is 5.82. The van der Waals surface area contributed by atoms with E-state index in [0.717, 1.165) is 0 Å². The van der Waals surface area contributed by atoms with Crippen molar-refractivity contribution < 1.29 is 32.5 Å². The molecule has 2 atom stereocenters. The molecular weight excluding hydrogens is 262 g/mol. The van der Waals surface area contributed by atoms with E-state index >= 15 is 0 Å². The number of aryl methyl sites for hydroxylation is 1. The summed E-state index contributed by atoms with van der Waals surface area (Å²) >= 11 is 0. The van der Waals surface area contributed by atoms with Crippen molar-refractivity contribution in [2.45, 2.75) is 13.3 Å². The zero-order valence-electron chi connectivity index (χ0n) is 8.04. The summed E-state index contributed by atoms with van der Waals surface area (Å²) < 4.78 is 34.2. The van der Waals surface area contributed by atoms with E-state index in [9.17, 15) is 9.13 Å². The number of anilines is 1. The standard InChI is InChI=1S/C5H10N2O7P2/c1-3-2-4(7-12-3)6-5(13-15(8)9)14-16(10)11/h2,5,15-16H,1H3,(H,6,7)(H,8,9)(H,10,11). The van der Waals surface area contributed by atoms with Crippen LogP contribution in [0.4, 0.5) is 5.82 Å². The van der Waals surface area contributed by atoms with Crippen LogP contribution in [0.1, 0.15) is 5.76 Å². The normalized spacial score (nSPS) is 16.7. The first-order valence-corrected chi connectivity index (χ1v) is 6.49. The van der Waals surface area contributed by atoms with Crippen LogP contribution in [0.3, 0.4) is 0 Å². The van der Waals surface area contributed by atoms with Gasteiger partial charge in [-0.1, -0.05) is 5.16 Å². The van der Waals surface area contributed by atoms with Crippen LogP contribution in [-0.4, -0.2) is 21.4 Å². The molecule has 0 saturated carbocycles. The Bertz CT molecular complexity index is 378. The summed E-state index contributed by atoms with van der Waals surface area (Å²) in [5.41, 5.74) is 0. The maximum absolute atomic E-state index is 10.4. The molecule has 0 bridgehead atoms. The highest BCUT2D eigenvalue weighted by molar-refractivity contribution is 7.32. The van der Waals surface area contributed by atoms with Crippen LogP contribution < -0.4 is 5.32 Å². The predicted octanol–water partition coefficient (Wildman–Crippen LogP) is 0.476. The van der Waals surface area contributed by atoms with Crippen molar-refractivity contribution in [1.29, 1.82) is 0 Å². The first kappa shape index (κ1) is 13.4. The number of hydrogen-bond donors (Lipinski definition) is 3. The third kappa shape index (κ3) is 4.89. The molecule has 1 aromatic rings. The molecule has 0 fully saturated rings. The third-order valence-corrected chi connectivity index (χ3v) is 2.14. The van der Waals surface area contributed by atoms with Crippen molar-refractivity contribution in [2.24, 2.45) is 0 Å². The molecule has 1 aromatic heterocycles. The lowest BCUT2D eigenvalue weighted by Crippen LogP contribution is -2.21. The summed E-state index contributed by atoms with van der Waals surface area (Å²) in [4.78, 5) is 17.0. The molecule has 0 aliphatic carbocycles. The Morgan fingerprint density at radius 1 is 1.44 bits per heavy atom. The fourth-order valence-corrected chi connectivity index (χ4v) is 1.50. The lowest BCUT2D eigenvalue weighted by molar-refractivity contribution is 0.0257. The van der Waals surface area contributed by atoms with Crippen molar-refractivity contribution in [3.05, 3.63) is 11.8 Å². The van der Waals surface area contributed by atoms with E-state index in [4.69, 9.17) is 9.79 Å². The molecule has 3 N–H and O–H groups in total. The van der Waals surface area contributed by atoms with Crippen LogP contribution in [0, 0.1) is 6.92 Å². The van der Waals surface area contributed by atoms with Gasteiger partial charge in [-0.05, 0) is 6.92 Å². The van der Waals surface area contributed by atoms with Crippen molar-refractivity contribution in [1.82, 2.24) is 5.16 Å². The van der Waals surface area contributed by atoms with Gasteiger partial charge in [-0.2, -0.15) is 0 Å². The van der Waals surface area contributed by atoms with E-state index in [0.29, 0.717) is 5.76 Å². The molecule has 1 heterocycles.